The molecule has 11 atom stereocenters. The summed E-state index contributed by atoms with van der Waals surface area (Å²) in [6.07, 6.45) is 10.2. The highest BCUT2D eigenvalue weighted by Gasteiger charge is 2.72. The minimum absolute atomic E-state index is 0.00249. The van der Waals surface area contributed by atoms with Gasteiger partial charge in [-0.1, -0.05) is 63.6 Å². The van der Waals surface area contributed by atoms with Crippen molar-refractivity contribution < 1.29 is 29.0 Å². The summed E-state index contributed by atoms with van der Waals surface area (Å²) >= 11 is 0. The Bertz CT molecular complexity index is 1620. The second-order valence-electron chi connectivity index (χ2n) is 19.0. The van der Waals surface area contributed by atoms with Crippen molar-refractivity contribution in [2.75, 3.05) is 13.1 Å². The molecule has 4 saturated carbocycles. The van der Waals surface area contributed by atoms with Gasteiger partial charge in [0.1, 0.15) is 12.4 Å². The zero-order valence-electron chi connectivity index (χ0n) is 31.5. The highest BCUT2D eigenvalue weighted by Crippen LogP contribution is 2.75. The van der Waals surface area contributed by atoms with Crippen LogP contribution in [0.15, 0.2) is 42.0 Å². The number of ether oxygens (including phenoxy) is 1. The fraction of sp³-hybridized carbons (Fsp3) is 0.721. The van der Waals surface area contributed by atoms with Gasteiger partial charge in [0.15, 0.2) is 5.78 Å². The third-order valence-electron chi connectivity index (χ3n) is 16.6. The van der Waals surface area contributed by atoms with Gasteiger partial charge in [-0.2, -0.15) is 0 Å². The fourth-order valence-electron chi connectivity index (χ4n) is 13.2. The molecular formula is C43H59NO6. The molecule has 272 valence electrons. The molecule has 1 heterocycles. The highest BCUT2D eigenvalue weighted by molar-refractivity contribution is 5.96. The van der Waals surface area contributed by atoms with Crippen LogP contribution in [0.3, 0.4) is 0 Å². The average Bonchev–Trinajstić information content (AvgIpc) is 3.56. The minimum atomic E-state index is -0.849. The standard InChI is InChI=1S/C43H59NO6/c1-27(45)29-15-22-44(25-29)34-14-16-40(4)33(43(34,7)37(49)50-26-28-11-9-8-10-12-28)13-17-42(6)35(40)32(46)23-30-31-24-39(3,36(47)48)19-18-38(31,2)20-21-41(30,42)5/h8-12,23,29,31,33-35H,13-22,24-26H2,1-7H3,(H,47,48)/t29-,31+,33-,34+,35-,38-,39+,40+,41-,42-,43+/m1/s1. The van der Waals surface area contributed by atoms with E-state index in [2.05, 4.69) is 39.5 Å². The van der Waals surface area contributed by atoms with Crippen molar-refractivity contribution in [3.05, 3.63) is 47.5 Å². The van der Waals surface area contributed by atoms with E-state index in [1.807, 2.05) is 43.3 Å². The van der Waals surface area contributed by atoms with E-state index in [1.54, 1.807) is 6.92 Å². The molecule has 1 N–H and O–H groups in total. The Morgan fingerprint density at radius 1 is 0.900 bits per heavy atom. The van der Waals surface area contributed by atoms with Gasteiger partial charge in [-0.05, 0) is 137 Å². The molecule has 7 heteroatoms. The Balaban J connectivity index is 1.27. The maximum atomic E-state index is 15.0. The average molecular weight is 686 g/mol. The Morgan fingerprint density at radius 3 is 2.26 bits per heavy atom. The van der Waals surface area contributed by atoms with E-state index in [0.29, 0.717) is 19.4 Å². The predicted molar refractivity (Wildman–Crippen MR) is 192 cm³/mol. The van der Waals surface area contributed by atoms with Crippen molar-refractivity contribution in [3.8, 4) is 0 Å². The van der Waals surface area contributed by atoms with Crippen LogP contribution < -0.4 is 0 Å². The van der Waals surface area contributed by atoms with E-state index < -0.39 is 22.2 Å². The molecule has 5 fully saturated rings. The van der Waals surface area contributed by atoms with Crippen LogP contribution in [0.2, 0.25) is 0 Å². The summed E-state index contributed by atoms with van der Waals surface area (Å²) in [5.41, 5.74) is -0.449. The molecule has 0 aromatic heterocycles. The van der Waals surface area contributed by atoms with Crippen LogP contribution in [0, 0.1) is 56.2 Å². The number of esters is 1. The number of benzene rings is 1. The molecule has 7 nitrogen and oxygen atoms in total. The molecule has 0 radical (unpaired) electrons. The normalized spacial score (nSPS) is 45.7. The zero-order chi connectivity index (χ0) is 36.1. The van der Waals surface area contributed by atoms with Gasteiger partial charge < -0.3 is 9.84 Å². The number of carboxylic acid groups (broad SMARTS) is 1. The number of carboxylic acids is 1. The number of ketones is 2. The molecule has 6 aliphatic rings. The number of aliphatic carboxylic acids is 1. The van der Waals surface area contributed by atoms with Crippen LogP contribution in [-0.4, -0.2) is 52.6 Å². The first-order valence-corrected chi connectivity index (χ1v) is 19.4. The lowest BCUT2D eigenvalue weighted by molar-refractivity contribution is -0.211. The maximum Gasteiger partial charge on any atom is 0.314 e. The van der Waals surface area contributed by atoms with Gasteiger partial charge in [0.05, 0.1) is 10.8 Å². The Labute approximate surface area is 299 Å². The van der Waals surface area contributed by atoms with Crippen molar-refractivity contribution in [2.24, 2.45) is 56.2 Å². The van der Waals surface area contributed by atoms with Gasteiger partial charge >= 0.3 is 11.9 Å². The summed E-state index contributed by atoms with van der Waals surface area (Å²) in [5.74, 6) is -0.771. The van der Waals surface area contributed by atoms with Crippen LogP contribution in [0.1, 0.15) is 118 Å². The van der Waals surface area contributed by atoms with Crippen LogP contribution in [0.25, 0.3) is 0 Å². The quantitative estimate of drug-likeness (QED) is 0.303. The molecule has 0 bridgehead atoms. The van der Waals surface area contributed by atoms with Crippen LogP contribution in [0.5, 0.6) is 0 Å². The SMILES string of the molecule is CC(=O)[C@@H]1CCN([C@H]2CC[C@@]3(C)[C@@H](CC[C@]4(C)[C@@H]3C(=O)C=C3[C@@H]5C[C@@](C)(C(=O)O)CC[C@]5(C)CC[C@]34C)[C@]2(C)C(=O)OCc2ccccc2)C1. The largest absolute Gasteiger partial charge is 0.481 e. The molecule has 0 amide bonds. The van der Waals surface area contributed by atoms with Crippen molar-refractivity contribution in [3.63, 3.8) is 0 Å². The highest BCUT2D eigenvalue weighted by atomic mass is 16.5. The summed E-state index contributed by atoms with van der Waals surface area (Å²) in [4.78, 5) is 57.1. The number of hydrogen-bond donors (Lipinski definition) is 1. The van der Waals surface area contributed by atoms with Gasteiger partial charge in [-0.3, -0.25) is 24.1 Å². The Morgan fingerprint density at radius 2 is 1.60 bits per heavy atom. The summed E-state index contributed by atoms with van der Waals surface area (Å²) < 4.78 is 6.25. The fourth-order valence-corrected chi connectivity index (χ4v) is 13.2. The minimum Gasteiger partial charge on any atom is -0.481 e. The molecule has 1 aliphatic heterocycles. The van der Waals surface area contributed by atoms with E-state index in [1.165, 1.54) is 5.57 Å². The summed E-state index contributed by atoms with van der Waals surface area (Å²) in [6.45, 7) is 16.8. The number of hydrogen-bond acceptors (Lipinski definition) is 6. The second kappa shape index (κ2) is 11.9. The topological polar surface area (TPSA) is 101 Å². The number of rotatable bonds is 6. The van der Waals surface area contributed by atoms with E-state index in [0.717, 1.165) is 63.5 Å². The van der Waals surface area contributed by atoms with Crippen molar-refractivity contribution >= 4 is 23.5 Å². The van der Waals surface area contributed by atoms with Crippen molar-refractivity contribution in [2.45, 2.75) is 125 Å². The molecule has 5 aliphatic carbocycles. The van der Waals surface area contributed by atoms with Crippen LogP contribution in [-0.2, 0) is 30.5 Å². The van der Waals surface area contributed by atoms with Crippen molar-refractivity contribution in [1.29, 1.82) is 0 Å². The van der Waals surface area contributed by atoms with Gasteiger partial charge in [-0.15, -0.1) is 0 Å². The smallest absolute Gasteiger partial charge is 0.314 e. The van der Waals surface area contributed by atoms with Gasteiger partial charge in [0, 0.05) is 24.4 Å². The number of carbonyl (C=O) groups is 4. The van der Waals surface area contributed by atoms with Crippen LogP contribution in [0.4, 0.5) is 0 Å². The van der Waals surface area contributed by atoms with E-state index in [4.69, 9.17) is 4.74 Å². The number of likely N-dealkylation sites (tertiary alicyclic amines) is 1. The van der Waals surface area contributed by atoms with Crippen LogP contribution >= 0.6 is 0 Å². The number of allylic oxidation sites excluding steroid dienone is 2. The first-order chi connectivity index (χ1) is 23.4. The molecule has 0 spiro atoms. The van der Waals surface area contributed by atoms with Gasteiger partial charge in [-0.25, -0.2) is 0 Å². The lowest BCUT2D eigenvalue weighted by Crippen LogP contribution is -2.69. The molecule has 1 aromatic carbocycles. The van der Waals surface area contributed by atoms with Gasteiger partial charge in [0.25, 0.3) is 0 Å². The Kier molecular flexibility index (Phi) is 8.45. The summed E-state index contributed by atoms with van der Waals surface area (Å²) in [6, 6.07) is 9.77. The zero-order valence-corrected chi connectivity index (χ0v) is 31.5. The van der Waals surface area contributed by atoms with Crippen molar-refractivity contribution in [1.82, 2.24) is 4.90 Å². The molecule has 0 unspecified atom stereocenters. The van der Waals surface area contributed by atoms with E-state index in [-0.39, 0.29) is 70.1 Å². The van der Waals surface area contributed by atoms with E-state index >= 15 is 0 Å². The number of fused-ring (bicyclic) bond motifs is 7. The number of carbonyl (C=O) groups excluding carboxylic acids is 3. The monoisotopic (exact) mass is 685 g/mol. The Hall–Kier alpha value is -2.80. The van der Waals surface area contributed by atoms with E-state index in [9.17, 15) is 24.3 Å². The number of Topliss-reactive ketones (excluding diaryl/α,β-unsaturated/α-hetero) is 1. The number of nitrogens with zero attached hydrogens (tertiary/aromatic N) is 1. The maximum absolute atomic E-state index is 15.0. The molecular weight excluding hydrogens is 626 g/mol. The first kappa shape index (κ1) is 35.6. The second-order valence-corrected chi connectivity index (χ2v) is 19.0. The lowest BCUT2D eigenvalue weighted by atomic mass is 9.33. The molecule has 50 heavy (non-hydrogen) atoms. The molecule has 1 saturated heterocycles. The molecule has 1 aromatic rings. The molecule has 7 rings (SSSR count). The predicted octanol–water partition coefficient (Wildman–Crippen LogP) is 8.05. The first-order valence-electron chi connectivity index (χ1n) is 19.4. The third-order valence-corrected chi connectivity index (χ3v) is 16.6. The summed E-state index contributed by atoms with van der Waals surface area (Å²) in [5, 5.41) is 10.3. The third kappa shape index (κ3) is 4.98. The van der Waals surface area contributed by atoms with Gasteiger partial charge in [0.2, 0.25) is 0 Å². The lowest BCUT2D eigenvalue weighted by Gasteiger charge is -2.70. The summed E-state index contributed by atoms with van der Waals surface area (Å²) in [7, 11) is 0.